The van der Waals surface area contributed by atoms with Crippen LogP contribution in [0.2, 0.25) is 0 Å². The van der Waals surface area contributed by atoms with Crippen LogP contribution in [0.5, 0.6) is 11.5 Å². The molecule has 0 saturated heterocycles. The van der Waals surface area contributed by atoms with Crippen molar-refractivity contribution >= 4 is 10.0 Å². The van der Waals surface area contributed by atoms with Gasteiger partial charge in [-0.1, -0.05) is 5.16 Å². The molecule has 21 heavy (non-hydrogen) atoms. The van der Waals surface area contributed by atoms with E-state index in [1.807, 2.05) is 0 Å². The van der Waals surface area contributed by atoms with Crippen molar-refractivity contribution in [2.75, 3.05) is 20.5 Å². The second-order valence-corrected chi connectivity index (χ2v) is 6.01. The summed E-state index contributed by atoms with van der Waals surface area (Å²) < 4.78 is 39.6. The van der Waals surface area contributed by atoms with Crippen molar-refractivity contribution in [2.45, 2.75) is 6.54 Å². The lowest BCUT2D eigenvalue weighted by atomic mass is 10.2. The van der Waals surface area contributed by atoms with Gasteiger partial charge >= 0.3 is 0 Å². The first-order valence-corrected chi connectivity index (χ1v) is 7.81. The van der Waals surface area contributed by atoms with Crippen molar-refractivity contribution in [3.8, 4) is 22.9 Å². The van der Waals surface area contributed by atoms with Gasteiger partial charge in [-0.15, -0.1) is 0 Å². The van der Waals surface area contributed by atoms with Gasteiger partial charge in [0.1, 0.15) is 0 Å². The summed E-state index contributed by atoms with van der Waals surface area (Å²) in [7, 11) is -0.242. The number of methoxy groups -OCH3 is 2. The van der Waals surface area contributed by atoms with E-state index in [2.05, 4.69) is 14.9 Å². The molecule has 8 nitrogen and oxygen atoms in total. The Morgan fingerprint density at radius 2 is 1.95 bits per heavy atom. The largest absolute Gasteiger partial charge is 0.493 e. The van der Waals surface area contributed by atoms with E-state index in [1.54, 1.807) is 25.3 Å². The molecule has 0 fully saturated rings. The summed E-state index contributed by atoms with van der Waals surface area (Å²) in [5, 5.41) is 3.80. The zero-order valence-electron chi connectivity index (χ0n) is 11.8. The number of hydrogen-bond acceptors (Lipinski definition) is 7. The Balaban J connectivity index is 2.21. The number of ether oxygens (including phenoxy) is 2. The predicted molar refractivity (Wildman–Crippen MR) is 74.5 cm³/mol. The Labute approximate surface area is 122 Å². The van der Waals surface area contributed by atoms with E-state index in [9.17, 15) is 8.42 Å². The van der Waals surface area contributed by atoms with E-state index in [0.717, 1.165) is 6.26 Å². The summed E-state index contributed by atoms with van der Waals surface area (Å²) in [6, 6.07) is 5.18. The van der Waals surface area contributed by atoms with Crippen LogP contribution >= 0.6 is 0 Å². The van der Waals surface area contributed by atoms with Crippen molar-refractivity contribution in [2.24, 2.45) is 0 Å². The first-order chi connectivity index (χ1) is 9.93. The Hall–Kier alpha value is -2.13. The summed E-state index contributed by atoms with van der Waals surface area (Å²) >= 11 is 0. The highest BCUT2D eigenvalue weighted by Gasteiger charge is 2.13. The van der Waals surface area contributed by atoms with Gasteiger partial charge < -0.3 is 14.0 Å². The summed E-state index contributed by atoms with van der Waals surface area (Å²) in [4.78, 5) is 4.11. The molecule has 0 saturated carbocycles. The number of hydrogen-bond donors (Lipinski definition) is 1. The van der Waals surface area contributed by atoms with Crippen LogP contribution in [0.25, 0.3) is 11.4 Å². The van der Waals surface area contributed by atoms with Crippen molar-refractivity contribution in [1.82, 2.24) is 14.9 Å². The minimum absolute atomic E-state index is 0.0564. The third-order valence-corrected chi connectivity index (χ3v) is 3.26. The molecule has 114 valence electrons. The van der Waals surface area contributed by atoms with Crippen LogP contribution < -0.4 is 14.2 Å². The highest BCUT2D eigenvalue weighted by molar-refractivity contribution is 7.88. The van der Waals surface area contributed by atoms with E-state index >= 15 is 0 Å². The van der Waals surface area contributed by atoms with Gasteiger partial charge in [0.15, 0.2) is 11.5 Å². The number of rotatable bonds is 6. The summed E-state index contributed by atoms with van der Waals surface area (Å²) in [6.07, 6.45) is 1.05. The van der Waals surface area contributed by atoms with E-state index < -0.39 is 10.0 Å². The van der Waals surface area contributed by atoms with Crippen molar-refractivity contribution in [3.05, 3.63) is 24.1 Å². The molecule has 1 aromatic carbocycles. The molecule has 1 N–H and O–H groups in total. The van der Waals surface area contributed by atoms with Crippen LogP contribution in [-0.4, -0.2) is 39.0 Å². The van der Waals surface area contributed by atoms with Gasteiger partial charge in [0.2, 0.25) is 21.7 Å². The second kappa shape index (κ2) is 6.10. The molecule has 0 atom stereocenters. The molecule has 0 aliphatic carbocycles. The maximum Gasteiger partial charge on any atom is 0.242 e. The first-order valence-electron chi connectivity index (χ1n) is 5.92. The molecule has 0 radical (unpaired) electrons. The van der Waals surface area contributed by atoms with Crippen molar-refractivity contribution in [3.63, 3.8) is 0 Å². The molecule has 0 aliphatic heterocycles. The lowest BCUT2D eigenvalue weighted by Gasteiger charge is -2.07. The Kier molecular flexibility index (Phi) is 4.43. The molecule has 2 aromatic rings. The smallest absolute Gasteiger partial charge is 0.242 e. The average Bonchev–Trinajstić information content (AvgIpc) is 2.92. The van der Waals surface area contributed by atoms with Gasteiger partial charge in [-0.25, -0.2) is 13.1 Å². The Morgan fingerprint density at radius 3 is 2.57 bits per heavy atom. The fourth-order valence-electron chi connectivity index (χ4n) is 1.61. The van der Waals surface area contributed by atoms with E-state index in [-0.39, 0.29) is 12.4 Å². The van der Waals surface area contributed by atoms with Gasteiger partial charge in [0.25, 0.3) is 0 Å². The third kappa shape index (κ3) is 3.92. The van der Waals surface area contributed by atoms with E-state index in [1.165, 1.54) is 7.11 Å². The van der Waals surface area contributed by atoms with Crippen LogP contribution in [0.1, 0.15) is 5.89 Å². The van der Waals surface area contributed by atoms with Gasteiger partial charge in [-0.2, -0.15) is 4.98 Å². The van der Waals surface area contributed by atoms with E-state index in [4.69, 9.17) is 14.0 Å². The maximum atomic E-state index is 11.0. The summed E-state index contributed by atoms with van der Waals surface area (Å²) in [5.41, 5.74) is 0.669. The van der Waals surface area contributed by atoms with Crippen LogP contribution in [-0.2, 0) is 16.6 Å². The lowest BCUT2D eigenvalue weighted by molar-refractivity contribution is 0.355. The van der Waals surface area contributed by atoms with Gasteiger partial charge in [-0.05, 0) is 18.2 Å². The minimum Gasteiger partial charge on any atom is -0.493 e. The average molecular weight is 313 g/mol. The van der Waals surface area contributed by atoms with E-state index in [0.29, 0.717) is 22.9 Å². The molecule has 0 amide bonds. The Bertz CT molecular complexity index is 726. The normalized spacial score (nSPS) is 11.4. The highest BCUT2D eigenvalue weighted by Crippen LogP contribution is 2.31. The maximum absolute atomic E-state index is 11.0. The summed E-state index contributed by atoms with van der Waals surface area (Å²) in [5.74, 6) is 1.63. The Morgan fingerprint density at radius 1 is 1.24 bits per heavy atom. The van der Waals surface area contributed by atoms with Gasteiger partial charge in [-0.3, -0.25) is 0 Å². The molecule has 0 bridgehead atoms. The predicted octanol–water partition coefficient (Wildman–Crippen LogP) is 0.803. The molecule has 2 rings (SSSR count). The van der Waals surface area contributed by atoms with Crippen LogP contribution in [0.4, 0.5) is 0 Å². The molecule has 9 heteroatoms. The highest BCUT2D eigenvalue weighted by atomic mass is 32.2. The number of sulfonamides is 1. The van der Waals surface area contributed by atoms with Crippen LogP contribution in [0.3, 0.4) is 0 Å². The molecule has 0 aliphatic rings. The number of benzene rings is 1. The topological polar surface area (TPSA) is 104 Å². The minimum atomic E-state index is -3.31. The molecule has 1 heterocycles. The molecular formula is C12H15N3O5S. The number of nitrogens with one attached hydrogen (secondary N) is 1. The SMILES string of the molecule is COc1ccc(-c2noc(CNS(C)(=O)=O)n2)cc1OC. The standard InChI is InChI=1S/C12H15N3O5S/c1-18-9-5-4-8(6-10(9)19-2)12-14-11(20-15-12)7-13-21(3,16)17/h4-6,13H,7H2,1-3H3. The first kappa shape index (κ1) is 15.3. The zero-order valence-corrected chi connectivity index (χ0v) is 12.6. The fourth-order valence-corrected chi connectivity index (χ4v) is 2.00. The monoisotopic (exact) mass is 313 g/mol. The zero-order chi connectivity index (χ0) is 15.5. The quantitative estimate of drug-likeness (QED) is 0.841. The van der Waals surface area contributed by atoms with Gasteiger partial charge in [0.05, 0.1) is 27.0 Å². The molecule has 0 unspecified atom stereocenters. The second-order valence-electron chi connectivity index (χ2n) is 4.17. The van der Waals surface area contributed by atoms with Crippen LogP contribution in [0, 0.1) is 0 Å². The molecule has 1 aromatic heterocycles. The van der Waals surface area contributed by atoms with Crippen LogP contribution in [0.15, 0.2) is 22.7 Å². The number of aromatic nitrogens is 2. The fraction of sp³-hybridized carbons (Fsp3) is 0.333. The molecular weight excluding hydrogens is 298 g/mol. The van der Waals surface area contributed by atoms with Crippen molar-refractivity contribution in [1.29, 1.82) is 0 Å². The number of nitrogens with zero attached hydrogens (tertiary/aromatic N) is 2. The van der Waals surface area contributed by atoms with Gasteiger partial charge in [0, 0.05) is 5.56 Å². The van der Waals surface area contributed by atoms with Crippen molar-refractivity contribution < 1.29 is 22.4 Å². The lowest BCUT2D eigenvalue weighted by Crippen LogP contribution is -2.21. The third-order valence-electron chi connectivity index (χ3n) is 2.60. The molecule has 0 spiro atoms. The summed E-state index contributed by atoms with van der Waals surface area (Å²) in [6.45, 7) is -0.0564.